The number of phosphoric acid groups is 1. The van der Waals surface area contributed by atoms with Crippen molar-refractivity contribution in [2.45, 2.75) is 302 Å². The number of unbranched alkanes of at least 4 members (excludes halogenated alkanes) is 26. The Bertz CT molecular complexity index is 2200. The fourth-order valence-corrected chi connectivity index (χ4v) is 10.8. The molecular formula is C84H141NO8P+. The van der Waals surface area contributed by atoms with Crippen LogP contribution in [-0.4, -0.2) is 74.9 Å². The number of phosphoric ester groups is 1. The molecule has 534 valence electrons. The molecule has 0 aromatic heterocycles. The van der Waals surface area contributed by atoms with Crippen molar-refractivity contribution < 1.29 is 42.1 Å². The molecule has 0 aliphatic carbocycles. The van der Waals surface area contributed by atoms with Crippen LogP contribution in [0.5, 0.6) is 0 Å². The van der Waals surface area contributed by atoms with Crippen molar-refractivity contribution in [1.29, 1.82) is 0 Å². The molecule has 2 atom stereocenters. The van der Waals surface area contributed by atoms with Crippen LogP contribution in [0.15, 0.2) is 170 Å². The Balaban J connectivity index is 4.06. The predicted molar refractivity (Wildman–Crippen MR) is 408 cm³/mol. The van der Waals surface area contributed by atoms with Crippen LogP contribution in [0, 0.1) is 0 Å². The summed E-state index contributed by atoms with van der Waals surface area (Å²) in [5, 5.41) is 0. The number of ether oxygens (including phenoxy) is 2. The predicted octanol–water partition coefficient (Wildman–Crippen LogP) is 25.3. The van der Waals surface area contributed by atoms with E-state index in [0.29, 0.717) is 17.4 Å². The maximum absolute atomic E-state index is 12.9. The van der Waals surface area contributed by atoms with Gasteiger partial charge in [0.25, 0.3) is 0 Å². The number of likely N-dealkylation sites (N-methyl/N-ethyl adjacent to an activating group) is 1. The molecule has 94 heavy (non-hydrogen) atoms. The summed E-state index contributed by atoms with van der Waals surface area (Å²) in [5.41, 5.74) is 0. The summed E-state index contributed by atoms with van der Waals surface area (Å²) in [5.74, 6) is -0.837. The summed E-state index contributed by atoms with van der Waals surface area (Å²) in [6, 6.07) is 0. The Kier molecular flexibility index (Phi) is 69.1. The van der Waals surface area contributed by atoms with Crippen LogP contribution in [0.2, 0.25) is 0 Å². The highest BCUT2D eigenvalue weighted by atomic mass is 31.2. The first-order valence-corrected chi connectivity index (χ1v) is 39.4. The highest BCUT2D eigenvalue weighted by molar-refractivity contribution is 7.47. The van der Waals surface area contributed by atoms with Crippen LogP contribution in [-0.2, 0) is 32.7 Å². The summed E-state index contributed by atoms with van der Waals surface area (Å²) >= 11 is 0. The summed E-state index contributed by atoms with van der Waals surface area (Å²) < 4.78 is 34.7. The number of nitrogens with zero attached hydrogens (tertiary/aromatic N) is 1. The van der Waals surface area contributed by atoms with E-state index in [1.165, 1.54) is 135 Å². The number of rotatable bonds is 68. The molecule has 0 amide bonds. The lowest BCUT2D eigenvalue weighted by Crippen LogP contribution is -2.37. The van der Waals surface area contributed by atoms with Gasteiger partial charge in [-0.3, -0.25) is 18.6 Å². The van der Waals surface area contributed by atoms with Gasteiger partial charge in [0.2, 0.25) is 0 Å². The second-order valence-corrected chi connectivity index (χ2v) is 27.4. The molecule has 0 aromatic carbocycles. The average Bonchev–Trinajstić information content (AvgIpc) is 1.66. The van der Waals surface area contributed by atoms with Gasteiger partial charge in [-0.2, -0.15) is 0 Å². The fraction of sp³-hybridized carbons (Fsp3) is 0.643. The van der Waals surface area contributed by atoms with E-state index in [1.54, 1.807) is 0 Å². The van der Waals surface area contributed by atoms with E-state index in [4.69, 9.17) is 18.5 Å². The zero-order valence-electron chi connectivity index (χ0n) is 60.9. The third-order valence-corrected chi connectivity index (χ3v) is 16.7. The molecule has 0 heterocycles. The Morgan fingerprint density at radius 1 is 0.330 bits per heavy atom. The maximum atomic E-state index is 12.9. The molecule has 0 aliphatic rings. The van der Waals surface area contributed by atoms with Gasteiger partial charge in [-0.15, -0.1) is 0 Å². The van der Waals surface area contributed by atoms with Gasteiger partial charge in [-0.05, 0) is 128 Å². The van der Waals surface area contributed by atoms with Crippen LogP contribution in [0.4, 0.5) is 0 Å². The van der Waals surface area contributed by atoms with Gasteiger partial charge in [0, 0.05) is 12.8 Å². The first-order valence-electron chi connectivity index (χ1n) is 37.9. The molecule has 0 saturated heterocycles. The molecule has 0 saturated carbocycles. The lowest BCUT2D eigenvalue weighted by atomic mass is 10.0. The summed E-state index contributed by atoms with van der Waals surface area (Å²) in [6.45, 7) is 4.17. The number of esters is 2. The van der Waals surface area contributed by atoms with Gasteiger partial charge in [0.05, 0.1) is 27.7 Å². The molecule has 0 bridgehead atoms. The number of hydrogen-bond acceptors (Lipinski definition) is 7. The number of allylic oxidation sites excluding steroid dienone is 28. The van der Waals surface area contributed by atoms with Crippen LogP contribution in [0.1, 0.15) is 296 Å². The van der Waals surface area contributed by atoms with Crippen molar-refractivity contribution in [2.75, 3.05) is 47.5 Å². The Morgan fingerprint density at radius 3 is 0.862 bits per heavy atom. The highest BCUT2D eigenvalue weighted by Crippen LogP contribution is 2.43. The quantitative estimate of drug-likeness (QED) is 0.0211. The van der Waals surface area contributed by atoms with Crippen molar-refractivity contribution >= 4 is 19.8 Å². The average molecular weight is 1320 g/mol. The Hall–Kier alpha value is -4.63. The molecule has 1 N–H and O–H groups in total. The monoisotopic (exact) mass is 1320 g/mol. The van der Waals surface area contributed by atoms with Gasteiger partial charge < -0.3 is 18.9 Å². The smallest absolute Gasteiger partial charge is 0.462 e. The third kappa shape index (κ3) is 76.4. The summed E-state index contributed by atoms with van der Waals surface area (Å²) in [6.07, 6.45) is 111. The molecule has 0 fully saturated rings. The first kappa shape index (κ1) is 89.4. The topological polar surface area (TPSA) is 108 Å². The molecule has 0 rings (SSSR count). The third-order valence-electron chi connectivity index (χ3n) is 15.7. The SMILES string of the molecule is CC/C=C\C/C=C\C/C=C\C/C=C\C/C=C\C/C=C\C/C=C\C/C=C\C/C=C\CCCCCC(=O)OC(COC(=O)CCCCCCCCCCCCCCCCCCCCCCCCC/C=C\C/C=C\C/C=C\C/C=C\C/C=C\CC)COP(=O)(O)OCC[N+](C)(C)C. The number of carbonyl (C=O) groups excluding carboxylic acids is 2. The Morgan fingerprint density at radius 2 is 0.574 bits per heavy atom. The van der Waals surface area contributed by atoms with Crippen LogP contribution < -0.4 is 0 Å². The van der Waals surface area contributed by atoms with E-state index in [9.17, 15) is 19.0 Å². The van der Waals surface area contributed by atoms with E-state index in [2.05, 4.69) is 184 Å². The molecule has 10 heteroatoms. The molecule has 0 aromatic rings. The largest absolute Gasteiger partial charge is 0.472 e. The van der Waals surface area contributed by atoms with Crippen molar-refractivity contribution in [1.82, 2.24) is 0 Å². The highest BCUT2D eigenvalue weighted by Gasteiger charge is 2.27. The minimum atomic E-state index is -4.41. The van der Waals surface area contributed by atoms with Crippen molar-refractivity contribution in [3.63, 3.8) is 0 Å². The first-order chi connectivity index (χ1) is 46.0. The van der Waals surface area contributed by atoms with Gasteiger partial charge in [-0.1, -0.05) is 325 Å². The molecule has 9 nitrogen and oxygen atoms in total. The number of carbonyl (C=O) groups is 2. The van der Waals surface area contributed by atoms with Crippen molar-refractivity contribution in [2.24, 2.45) is 0 Å². The van der Waals surface area contributed by atoms with E-state index in [1.807, 2.05) is 21.1 Å². The lowest BCUT2D eigenvalue weighted by Gasteiger charge is -2.24. The van der Waals surface area contributed by atoms with Crippen molar-refractivity contribution in [3.05, 3.63) is 170 Å². The normalized spacial score (nSPS) is 14.1. The Labute approximate surface area is 578 Å². The molecule has 0 spiro atoms. The van der Waals surface area contributed by atoms with Gasteiger partial charge in [0.15, 0.2) is 6.10 Å². The van der Waals surface area contributed by atoms with E-state index in [-0.39, 0.29) is 32.0 Å². The molecule has 2 unspecified atom stereocenters. The molecule has 0 radical (unpaired) electrons. The summed E-state index contributed by atoms with van der Waals surface area (Å²) in [7, 11) is 1.44. The maximum Gasteiger partial charge on any atom is 0.472 e. The zero-order valence-corrected chi connectivity index (χ0v) is 61.8. The van der Waals surface area contributed by atoms with Gasteiger partial charge in [0.1, 0.15) is 19.8 Å². The van der Waals surface area contributed by atoms with Crippen LogP contribution >= 0.6 is 7.82 Å². The zero-order chi connectivity index (χ0) is 68.3. The fourth-order valence-electron chi connectivity index (χ4n) is 10.0. The summed E-state index contributed by atoms with van der Waals surface area (Å²) in [4.78, 5) is 35.9. The number of hydrogen-bond donors (Lipinski definition) is 1. The van der Waals surface area contributed by atoms with Crippen molar-refractivity contribution in [3.8, 4) is 0 Å². The van der Waals surface area contributed by atoms with E-state index >= 15 is 0 Å². The minimum Gasteiger partial charge on any atom is -0.462 e. The second-order valence-electron chi connectivity index (χ2n) is 25.9. The standard InChI is InChI=1S/C84H140NO8P/c1-6-8-10-12-14-16-18-20-22-24-26-28-30-32-34-36-38-39-40-41-42-43-44-45-47-48-50-52-54-56-58-60-62-64-66-68-70-72-74-76-83(86)90-80-82(81-92-94(88,89)91-79-78-85(3,4)5)93-84(87)77-75-73-71-69-67-65-63-61-59-57-55-53-51-49-46-37-35-33-31-29-27-25-23-21-19-17-15-13-11-9-7-2/h8-11,14-17,20-23,26-29,32-35,46,49,53,55,59,61,65,67,82H,6-7,12-13,18-19,24-25,30-31,36-45,47-48,50-52,54,56-58,60,62-64,66,68-81H2,1-5H3/p+1/b10-8-,11-9-,16-14-,17-15-,22-20-,23-21-,28-26-,29-27-,34-32-,35-33-,49-46-,55-53-,61-59-,67-65-. The molecule has 0 aliphatic heterocycles. The lowest BCUT2D eigenvalue weighted by molar-refractivity contribution is -0.870. The second kappa shape index (κ2) is 72.6. The van der Waals surface area contributed by atoms with E-state index < -0.39 is 26.5 Å². The minimum absolute atomic E-state index is 0.0177. The molecular weight excluding hydrogens is 1180 g/mol. The van der Waals surface area contributed by atoms with E-state index in [0.717, 1.165) is 128 Å². The number of quaternary nitrogens is 1. The van der Waals surface area contributed by atoms with Gasteiger partial charge in [-0.25, -0.2) is 4.57 Å². The van der Waals surface area contributed by atoms with Crippen LogP contribution in [0.25, 0.3) is 0 Å². The van der Waals surface area contributed by atoms with Gasteiger partial charge >= 0.3 is 19.8 Å². The van der Waals surface area contributed by atoms with Crippen LogP contribution in [0.3, 0.4) is 0 Å².